The van der Waals surface area contributed by atoms with Gasteiger partial charge in [-0.15, -0.1) is 0 Å². The summed E-state index contributed by atoms with van der Waals surface area (Å²) >= 11 is 0. The number of oxazole rings is 1. The van der Waals surface area contributed by atoms with E-state index in [4.69, 9.17) is 10.2 Å². The first-order valence-corrected chi connectivity index (χ1v) is 6.03. The Balaban J connectivity index is 2.15. The van der Waals surface area contributed by atoms with Crippen LogP contribution in [0.3, 0.4) is 0 Å². The zero-order valence-electron chi connectivity index (χ0n) is 10.5. The molecule has 0 aliphatic heterocycles. The monoisotopic (exact) mass is 258 g/mol. The molecule has 3 aromatic rings. The van der Waals surface area contributed by atoms with E-state index in [-0.39, 0.29) is 5.76 Å². The highest BCUT2D eigenvalue weighted by atomic mass is 16.4. The van der Waals surface area contributed by atoms with Gasteiger partial charge in [0.05, 0.1) is 17.5 Å². The van der Waals surface area contributed by atoms with Gasteiger partial charge in [0.2, 0.25) is 0 Å². The number of nitrogens with one attached hydrogen (secondary N) is 1. The number of aromatic nitrogens is 3. The number of hydrogen-bond donors (Lipinski definition) is 2. The van der Waals surface area contributed by atoms with E-state index < -0.39 is 0 Å². The molecule has 6 nitrogen and oxygen atoms in total. The van der Waals surface area contributed by atoms with Gasteiger partial charge in [-0.05, 0) is 18.7 Å². The molecule has 0 amide bonds. The average molecular weight is 258 g/mol. The third-order valence-electron chi connectivity index (χ3n) is 3.18. The highest BCUT2D eigenvalue weighted by Crippen LogP contribution is 2.24. The summed E-state index contributed by atoms with van der Waals surface area (Å²) in [7, 11) is 1.68. The molecular formula is C13H14N4O2. The average Bonchev–Trinajstić information content (AvgIpc) is 2.96. The lowest BCUT2D eigenvalue weighted by atomic mass is 10.1. The highest BCUT2D eigenvalue weighted by molar-refractivity contribution is 5.80. The van der Waals surface area contributed by atoms with Gasteiger partial charge < -0.3 is 15.1 Å². The Bertz CT molecular complexity index is 781. The lowest BCUT2D eigenvalue weighted by Crippen LogP contribution is -2.08. The molecule has 3 N–H and O–H groups in total. The standard InChI is InChI=1S/C13H14N4O2/c1-17-10-3-2-8(6-11(10)19-13(17)18)12-9(4-5-14)15-7-16-12/h2-3,6-7H,4-5,14H2,1H3,(H,15,16). The Labute approximate surface area is 108 Å². The minimum absolute atomic E-state index is 0.364. The first kappa shape index (κ1) is 11.7. The number of rotatable bonds is 3. The summed E-state index contributed by atoms with van der Waals surface area (Å²) in [5, 5.41) is 0. The van der Waals surface area contributed by atoms with Crippen molar-refractivity contribution in [2.75, 3.05) is 6.54 Å². The van der Waals surface area contributed by atoms with Crippen LogP contribution in [0.4, 0.5) is 0 Å². The maximum Gasteiger partial charge on any atom is 0.419 e. The van der Waals surface area contributed by atoms with Crippen molar-refractivity contribution in [1.82, 2.24) is 14.5 Å². The minimum atomic E-state index is -0.364. The van der Waals surface area contributed by atoms with Crippen LogP contribution in [0.1, 0.15) is 5.69 Å². The number of benzene rings is 1. The SMILES string of the molecule is Cn1c(=O)oc2cc(-c3nc[nH]c3CCN)ccc21. The van der Waals surface area contributed by atoms with Gasteiger partial charge in [-0.3, -0.25) is 4.57 Å². The van der Waals surface area contributed by atoms with Crippen molar-refractivity contribution in [2.24, 2.45) is 12.8 Å². The van der Waals surface area contributed by atoms with Crippen LogP contribution in [0.25, 0.3) is 22.4 Å². The van der Waals surface area contributed by atoms with Crippen molar-refractivity contribution in [1.29, 1.82) is 0 Å². The molecular weight excluding hydrogens is 244 g/mol. The van der Waals surface area contributed by atoms with Crippen molar-refractivity contribution >= 4 is 11.1 Å². The van der Waals surface area contributed by atoms with Gasteiger partial charge >= 0.3 is 5.76 Å². The van der Waals surface area contributed by atoms with Crippen LogP contribution in [0, 0.1) is 0 Å². The molecule has 0 radical (unpaired) electrons. The minimum Gasteiger partial charge on any atom is -0.408 e. The highest BCUT2D eigenvalue weighted by Gasteiger charge is 2.11. The fourth-order valence-electron chi connectivity index (χ4n) is 2.19. The molecule has 98 valence electrons. The van der Waals surface area contributed by atoms with Crippen LogP contribution in [-0.2, 0) is 13.5 Å². The second kappa shape index (κ2) is 4.40. The number of aryl methyl sites for hydroxylation is 1. The van der Waals surface area contributed by atoms with Gasteiger partial charge in [0, 0.05) is 24.7 Å². The Morgan fingerprint density at radius 2 is 2.32 bits per heavy atom. The third kappa shape index (κ3) is 1.86. The molecule has 2 aromatic heterocycles. The number of imidazole rings is 1. The van der Waals surface area contributed by atoms with Crippen molar-refractivity contribution in [3.63, 3.8) is 0 Å². The van der Waals surface area contributed by atoms with E-state index in [9.17, 15) is 4.79 Å². The molecule has 0 aliphatic rings. The van der Waals surface area contributed by atoms with Crippen molar-refractivity contribution in [3.05, 3.63) is 40.8 Å². The van der Waals surface area contributed by atoms with Gasteiger partial charge in [-0.25, -0.2) is 9.78 Å². The number of nitrogens with zero attached hydrogens (tertiary/aromatic N) is 2. The number of H-pyrrole nitrogens is 1. The number of hydrogen-bond acceptors (Lipinski definition) is 4. The zero-order valence-corrected chi connectivity index (χ0v) is 10.5. The second-order valence-corrected chi connectivity index (χ2v) is 4.38. The Morgan fingerprint density at radius 3 is 3.11 bits per heavy atom. The number of aromatic amines is 1. The van der Waals surface area contributed by atoms with Crippen LogP contribution in [0.2, 0.25) is 0 Å². The smallest absolute Gasteiger partial charge is 0.408 e. The van der Waals surface area contributed by atoms with Crippen LogP contribution < -0.4 is 11.5 Å². The van der Waals surface area contributed by atoms with Crippen molar-refractivity contribution in [2.45, 2.75) is 6.42 Å². The van der Waals surface area contributed by atoms with Gasteiger partial charge in [0.15, 0.2) is 5.58 Å². The van der Waals surface area contributed by atoms with E-state index >= 15 is 0 Å². The Hall–Kier alpha value is -2.34. The molecule has 0 aliphatic carbocycles. The summed E-state index contributed by atoms with van der Waals surface area (Å²) in [5.41, 5.74) is 9.64. The van der Waals surface area contributed by atoms with Gasteiger partial charge in [-0.2, -0.15) is 0 Å². The predicted molar refractivity (Wildman–Crippen MR) is 71.8 cm³/mol. The fraction of sp³-hybridized carbons (Fsp3) is 0.231. The molecule has 3 rings (SSSR count). The quantitative estimate of drug-likeness (QED) is 0.734. The molecule has 0 saturated carbocycles. The van der Waals surface area contributed by atoms with Crippen LogP contribution >= 0.6 is 0 Å². The fourth-order valence-corrected chi connectivity index (χ4v) is 2.19. The Morgan fingerprint density at radius 1 is 1.47 bits per heavy atom. The summed E-state index contributed by atoms with van der Waals surface area (Å²) in [6.45, 7) is 0.553. The lowest BCUT2D eigenvalue weighted by molar-refractivity contribution is 0.528. The first-order valence-electron chi connectivity index (χ1n) is 6.03. The van der Waals surface area contributed by atoms with E-state index in [1.165, 1.54) is 4.57 Å². The second-order valence-electron chi connectivity index (χ2n) is 4.38. The van der Waals surface area contributed by atoms with Crippen molar-refractivity contribution < 1.29 is 4.42 Å². The summed E-state index contributed by atoms with van der Waals surface area (Å²) in [6, 6.07) is 5.61. The molecule has 0 atom stereocenters. The number of fused-ring (bicyclic) bond motifs is 1. The van der Waals surface area contributed by atoms with E-state index in [0.717, 1.165) is 28.9 Å². The molecule has 0 saturated heterocycles. The maximum atomic E-state index is 11.5. The molecule has 1 aromatic carbocycles. The topological polar surface area (TPSA) is 89.8 Å². The summed E-state index contributed by atoms with van der Waals surface area (Å²) in [6.07, 6.45) is 2.37. The summed E-state index contributed by atoms with van der Waals surface area (Å²) in [5.74, 6) is -0.364. The molecule has 0 unspecified atom stereocenters. The van der Waals surface area contributed by atoms with E-state index in [1.54, 1.807) is 13.4 Å². The Kier molecular flexibility index (Phi) is 2.72. The van der Waals surface area contributed by atoms with Gasteiger partial charge in [0.1, 0.15) is 0 Å². The third-order valence-corrected chi connectivity index (χ3v) is 3.18. The van der Waals surface area contributed by atoms with E-state index in [0.29, 0.717) is 12.1 Å². The summed E-state index contributed by atoms with van der Waals surface area (Å²) < 4.78 is 6.66. The molecule has 19 heavy (non-hydrogen) atoms. The largest absolute Gasteiger partial charge is 0.419 e. The molecule has 0 spiro atoms. The van der Waals surface area contributed by atoms with Gasteiger partial charge in [0.25, 0.3) is 0 Å². The molecule has 0 fully saturated rings. The van der Waals surface area contributed by atoms with Crippen LogP contribution in [0.15, 0.2) is 33.7 Å². The first-order chi connectivity index (χ1) is 9.20. The maximum absolute atomic E-state index is 11.5. The predicted octanol–water partition coefficient (Wildman–Crippen LogP) is 1.02. The summed E-state index contributed by atoms with van der Waals surface area (Å²) in [4.78, 5) is 18.8. The molecule has 6 heteroatoms. The lowest BCUT2D eigenvalue weighted by Gasteiger charge is -2.01. The normalized spacial score (nSPS) is 11.3. The molecule has 2 heterocycles. The van der Waals surface area contributed by atoms with Crippen LogP contribution in [-0.4, -0.2) is 21.1 Å². The van der Waals surface area contributed by atoms with E-state index in [1.807, 2.05) is 18.2 Å². The van der Waals surface area contributed by atoms with E-state index in [2.05, 4.69) is 9.97 Å². The van der Waals surface area contributed by atoms with Gasteiger partial charge in [-0.1, -0.05) is 6.07 Å². The number of nitrogens with two attached hydrogens (primary N) is 1. The zero-order chi connectivity index (χ0) is 13.4. The van der Waals surface area contributed by atoms with Crippen molar-refractivity contribution in [3.8, 4) is 11.3 Å². The molecule has 0 bridgehead atoms. The van der Waals surface area contributed by atoms with Crippen LogP contribution in [0.5, 0.6) is 0 Å².